The molecule has 38 heavy (non-hydrogen) atoms. The van der Waals surface area contributed by atoms with Gasteiger partial charge in [-0.05, 0) is 47.3 Å². The maximum absolute atomic E-state index is 13.9. The number of fused-ring (bicyclic) bond motifs is 1. The van der Waals surface area contributed by atoms with Gasteiger partial charge in [0.25, 0.3) is 5.91 Å². The molecule has 200 valence electrons. The minimum Gasteiger partial charge on any atom is -0.383 e. The summed E-state index contributed by atoms with van der Waals surface area (Å²) in [6.45, 7) is 9.44. The van der Waals surface area contributed by atoms with Crippen molar-refractivity contribution in [2.45, 2.75) is 25.4 Å². The first-order valence-corrected chi connectivity index (χ1v) is 14.2. The van der Waals surface area contributed by atoms with E-state index in [9.17, 15) is 9.59 Å². The van der Waals surface area contributed by atoms with Gasteiger partial charge in [-0.15, -0.1) is 11.3 Å². The van der Waals surface area contributed by atoms with Gasteiger partial charge < -0.3 is 19.9 Å². The predicted molar refractivity (Wildman–Crippen MR) is 152 cm³/mol. The Bertz CT molecular complexity index is 1220. The molecule has 1 saturated heterocycles. The Labute approximate surface area is 229 Å². The molecule has 8 heteroatoms. The van der Waals surface area contributed by atoms with Crippen molar-refractivity contribution in [3.8, 4) is 0 Å². The van der Waals surface area contributed by atoms with Crippen molar-refractivity contribution in [3.05, 3.63) is 87.6 Å². The van der Waals surface area contributed by atoms with Crippen LogP contribution >= 0.6 is 11.3 Å². The summed E-state index contributed by atoms with van der Waals surface area (Å²) >= 11 is 1.57. The predicted octanol–water partition coefficient (Wildman–Crippen LogP) is 4.45. The molecule has 3 aromatic rings. The van der Waals surface area contributed by atoms with E-state index in [1.165, 1.54) is 5.56 Å². The van der Waals surface area contributed by atoms with E-state index in [1.807, 2.05) is 53.9 Å². The number of methoxy groups -OCH3 is 1. The Morgan fingerprint density at radius 1 is 1.00 bits per heavy atom. The zero-order valence-corrected chi connectivity index (χ0v) is 23.0. The Morgan fingerprint density at radius 2 is 1.74 bits per heavy atom. The Morgan fingerprint density at radius 3 is 2.42 bits per heavy atom. The average Bonchev–Trinajstić information content (AvgIpc) is 3.48. The van der Waals surface area contributed by atoms with Crippen LogP contribution in [0.15, 0.2) is 66.0 Å². The van der Waals surface area contributed by atoms with Gasteiger partial charge in [0.1, 0.15) is 0 Å². The molecule has 2 aliphatic rings. The summed E-state index contributed by atoms with van der Waals surface area (Å²) in [5, 5.41) is 5.15. The molecule has 2 aromatic carbocycles. The summed E-state index contributed by atoms with van der Waals surface area (Å²) in [6, 6.07) is 19.2. The molecule has 3 heterocycles. The third kappa shape index (κ3) is 5.68. The van der Waals surface area contributed by atoms with Gasteiger partial charge in [0, 0.05) is 62.5 Å². The largest absolute Gasteiger partial charge is 0.383 e. The second-order valence-electron chi connectivity index (χ2n) is 9.91. The van der Waals surface area contributed by atoms with Crippen molar-refractivity contribution in [2.24, 2.45) is 0 Å². The number of anilines is 1. The van der Waals surface area contributed by atoms with Crippen molar-refractivity contribution < 1.29 is 14.3 Å². The van der Waals surface area contributed by atoms with Gasteiger partial charge in [-0.2, -0.15) is 0 Å². The van der Waals surface area contributed by atoms with E-state index in [2.05, 4.69) is 34.2 Å². The minimum atomic E-state index is -0.533. The van der Waals surface area contributed by atoms with Gasteiger partial charge in [-0.1, -0.05) is 43.3 Å². The first kappa shape index (κ1) is 26.6. The second kappa shape index (κ2) is 12.2. The average molecular weight is 533 g/mol. The normalized spacial score (nSPS) is 20.4. The van der Waals surface area contributed by atoms with Crippen LogP contribution in [-0.4, -0.2) is 79.5 Å². The van der Waals surface area contributed by atoms with Crippen LogP contribution in [-0.2, 0) is 16.1 Å². The number of hydrogen-bond acceptors (Lipinski definition) is 6. The highest BCUT2D eigenvalue weighted by Crippen LogP contribution is 2.44. The summed E-state index contributed by atoms with van der Waals surface area (Å²) in [6.07, 6.45) is 0. The molecule has 1 fully saturated rings. The molecule has 0 saturated carbocycles. The van der Waals surface area contributed by atoms with Gasteiger partial charge >= 0.3 is 0 Å². The van der Waals surface area contributed by atoms with Gasteiger partial charge in [-0.3, -0.25) is 14.5 Å². The molecule has 0 unspecified atom stereocenters. The third-order valence-electron chi connectivity index (χ3n) is 7.63. The van der Waals surface area contributed by atoms with Crippen molar-refractivity contribution in [1.82, 2.24) is 14.7 Å². The molecule has 0 aliphatic carbocycles. The number of benzene rings is 2. The number of rotatable bonds is 9. The summed E-state index contributed by atoms with van der Waals surface area (Å²) in [5.74, 6) is -0.715. The molecule has 0 spiro atoms. The highest BCUT2D eigenvalue weighted by atomic mass is 32.1. The van der Waals surface area contributed by atoms with Crippen molar-refractivity contribution in [3.63, 3.8) is 0 Å². The third-order valence-corrected chi connectivity index (χ3v) is 8.57. The number of piperazine rings is 1. The molecule has 2 amide bonds. The van der Waals surface area contributed by atoms with E-state index in [0.29, 0.717) is 18.7 Å². The number of nitrogens with zero attached hydrogens (tertiary/aromatic N) is 3. The highest BCUT2D eigenvalue weighted by Gasteiger charge is 2.44. The highest BCUT2D eigenvalue weighted by molar-refractivity contribution is 7.10. The monoisotopic (exact) mass is 532 g/mol. The number of carbonyl (C=O) groups is 2. The number of ether oxygens (including phenoxy) is 1. The van der Waals surface area contributed by atoms with Crippen LogP contribution in [0.3, 0.4) is 0 Å². The lowest BCUT2D eigenvalue weighted by Crippen LogP contribution is -2.47. The van der Waals surface area contributed by atoms with Crippen LogP contribution < -0.4 is 5.32 Å². The fourth-order valence-corrected chi connectivity index (χ4v) is 6.40. The van der Waals surface area contributed by atoms with E-state index in [-0.39, 0.29) is 11.8 Å². The molecule has 1 aromatic heterocycles. The second-order valence-corrected chi connectivity index (χ2v) is 10.9. The Balaban J connectivity index is 1.36. The van der Waals surface area contributed by atoms with Crippen LogP contribution in [0.25, 0.3) is 0 Å². The number of carbonyl (C=O) groups excluding carboxylic acids is 2. The van der Waals surface area contributed by atoms with Crippen LogP contribution in [0, 0.1) is 0 Å². The zero-order chi connectivity index (χ0) is 26.5. The minimum absolute atomic E-state index is 0.0655. The molecule has 7 nitrogen and oxygen atoms in total. The van der Waals surface area contributed by atoms with Gasteiger partial charge in [0.15, 0.2) is 0 Å². The lowest BCUT2D eigenvalue weighted by atomic mass is 9.81. The van der Waals surface area contributed by atoms with Crippen LogP contribution in [0.4, 0.5) is 5.69 Å². The van der Waals surface area contributed by atoms with E-state index in [1.54, 1.807) is 23.3 Å². The molecular formula is C30H36N4O3S. The zero-order valence-electron chi connectivity index (χ0n) is 22.1. The smallest absolute Gasteiger partial charge is 0.254 e. The molecule has 5 rings (SSSR count). The number of thiophene rings is 1. The van der Waals surface area contributed by atoms with Crippen LogP contribution in [0.5, 0.6) is 0 Å². The van der Waals surface area contributed by atoms with Crippen LogP contribution in [0.2, 0.25) is 0 Å². The van der Waals surface area contributed by atoms with Gasteiger partial charge in [0.2, 0.25) is 5.91 Å². The van der Waals surface area contributed by atoms with Crippen molar-refractivity contribution in [1.29, 1.82) is 0 Å². The topological polar surface area (TPSA) is 65.1 Å². The van der Waals surface area contributed by atoms with Crippen LogP contribution in [0.1, 0.15) is 45.2 Å². The van der Waals surface area contributed by atoms with Crippen molar-refractivity contribution >= 4 is 28.8 Å². The summed E-state index contributed by atoms with van der Waals surface area (Å²) in [4.78, 5) is 35.2. The lowest BCUT2D eigenvalue weighted by Gasteiger charge is -2.41. The quantitative estimate of drug-likeness (QED) is 0.441. The standard InChI is InChI=1S/C30H36N4O3S/c1-3-32-14-16-33(17-15-32)21-22-10-12-23(13-11-22)31-29(35)27-24-7-4-5-8-25(24)30(36)34(18-19-37-2)28(27)26-9-6-20-38-26/h4-13,20,27-28H,3,14-19,21H2,1-2H3,(H,31,35)/t27-,28+/m1/s1. The molecule has 0 bridgehead atoms. The van der Waals surface area contributed by atoms with E-state index >= 15 is 0 Å². The fraction of sp³-hybridized carbons (Fsp3) is 0.400. The fourth-order valence-electron chi connectivity index (χ4n) is 5.52. The van der Waals surface area contributed by atoms with Gasteiger partial charge in [-0.25, -0.2) is 0 Å². The molecule has 2 aliphatic heterocycles. The van der Waals surface area contributed by atoms with Gasteiger partial charge in [0.05, 0.1) is 18.6 Å². The van der Waals surface area contributed by atoms with E-state index in [0.717, 1.165) is 55.4 Å². The number of amides is 2. The van der Waals surface area contributed by atoms with Crippen molar-refractivity contribution in [2.75, 3.05) is 58.3 Å². The Hall–Kier alpha value is -3.04. The first-order chi connectivity index (χ1) is 18.6. The lowest BCUT2D eigenvalue weighted by molar-refractivity contribution is -0.119. The first-order valence-electron chi connectivity index (χ1n) is 13.4. The molecule has 0 radical (unpaired) electrons. The maximum atomic E-state index is 13.9. The SMILES string of the molecule is CCN1CCN(Cc2ccc(NC(=O)[C@@H]3c4ccccc4C(=O)N(CCOC)[C@H]3c3cccs3)cc2)CC1. The number of likely N-dealkylation sites (N-methyl/N-ethyl adjacent to an activating group) is 1. The summed E-state index contributed by atoms with van der Waals surface area (Å²) in [7, 11) is 1.63. The number of hydrogen-bond donors (Lipinski definition) is 1. The summed E-state index contributed by atoms with van der Waals surface area (Å²) < 4.78 is 5.32. The maximum Gasteiger partial charge on any atom is 0.254 e. The number of nitrogens with one attached hydrogen (secondary N) is 1. The summed E-state index contributed by atoms with van der Waals surface area (Å²) in [5.41, 5.74) is 3.35. The molecule has 1 N–H and O–H groups in total. The molecule has 2 atom stereocenters. The molecular weight excluding hydrogens is 496 g/mol. The Kier molecular flexibility index (Phi) is 8.54. The van der Waals surface area contributed by atoms with E-state index in [4.69, 9.17) is 4.74 Å². The van der Waals surface area contributed by atoms with E-state index < -0.39 is 12.0 Å².